The van der Waals surface area contributed by atoms with Gasteiger partial charge in [0.05, 0.1) is 26.7 Å². The third kappa shape index (κ3) is 3.39. The summed E-state index contributed by atoms with van der Waals surface area (Å²) in [6.07, 6.45) is -4.15. The third-order valence-electron chi connectivity index (χ3n) is 3.35. The first-order chi connectivity index (χ1) is 9.88. The molecule has 1 fully saturated rings. The van der Waals surface area contributed by atoms with Crippen molar-refractivity contribution in [3.63, 3.8) is 0 Å². The molecule has 1 aromatic rings. The third-order valence-corrected chi connectivity index (χ3v) is 5.55. The van der Waals surface area contributed by atoms with Crippen LogP contribution in [0.25, 0.3) is 0 Å². The Labute approximate surface area is 149 Å². The van der Waals surface area contributed by atoms with Crippen LogP contribution in [0, 0.1) is 5.41 Å². The Hall–Kier alpha value is -0.0700. The smallest absolute Gasteiger partial charge is 0.274 e. The molecule has 122 valence electrons. The molecule has 0 radical (unpaired) electrons. The molecule has 0 heterocycles. The van der Waals surface area contributed by atoms with Gasteiger partial charge in [0.25, 0.3) is 0 Å². The molecule has 0 aliphatic heterocycles. The van der Waals surface area contributed by atoms with Crippen molar-refractivity contribution in [1.82, 2.24) is 0 Å². The monoisotopic (exact) mass is 412 g/mol. The number of halogens is 8. The second kappa shape index (κ2) is 5.78. The minimum atomic E-state index is -4.55. The molecule has 1 saturated carbocycles. The zero-order valence-electron chi connectivity index (χ0n) is 10.8. The van der Waals surface area contributed by atoms with Gasteiger partial charge < -0.3 is 0 Å². The lowest BCUT2D eigenvalue weighted by Crippen LogP contribution is -2.14. The molecule has 1 aromatic carbocycles. The van der Waals surface area contributed by atoms with E-state index in [0.29, 0.717) is 6.42 Å². The fraction of sp³-hybridized carbons (Fsp3) is 0.417. The average Bonchev–Trinajstić information content (AvgIpc) is 2.87. The molecule has 2 nitrogen and oxygen atoms in total. The minimum absolute atomic E-state index is 0.00785. The van der Waals surface area contributed by atoms with Gasteiger partial charge in [-0.05, 0) is 18.6 Å². The number of anilines is 1. The number of hydrogen-bond acceptors (Lipinski definition) is 2. The number of benzene rings is 1. The Bertz CT molecular complexity index is 621. The molecule has 0 saturated heterocycles. The molecule has 1 aliphatic rings. The minimum Gasteiger partial charge on any atom is -0.274 e. The van der Waals surface area contributed by atoms with Gasteiger partial charge in [-0.15, -0.1) is 23.2 Å². The van der Waals surface area contributed by atoms with E-state index in [1.807, 2.05) is 0 Å². The largest absolute Gasteiger partial charge is 0.416 e. The van der Waals surface area contributed by atoms with Gasteiger partial charge in [-0.2, -0.15) is 18.3 Å². The first-order valence-corrected chi connectivity index (χ1v) is 7.71. The summed E-state index contributed by atoms with van der Waals surface area (Å²) in [6, 6.07) is 1.48. The Morgan fingerprint density at radius 2 is 1.68 bits per heavy atom. The maximum Gasteiger partial charge on any atom is 0.416 e. The number of nitrogens with one attached hydrogen (secondary N) is 1. The highest BCUT2D eigenvalue weighted by molar-refractivity contribution is 6.70. The Balaban J connectivity index is 2.25. The van der Waals surface area contributed by atoms with Crippen LogP contribution in [-0.2, 0) is 6.18 Å². The van der Waals surface area contributed by atoms with Crippen molar-refractivity contribution in [3.8, 4) is 0 Å². The lowest BCUT2D eigenvalue weighted by Gasteiger charge is -2.13. The highest BCUT2D eigenvalue weighted by Crippen LogP contribution is 2.65. The van der Waals surface area contributed by atoms with Crippen LogP contribution in [0.15, 0.2) is 17.2 Å². The van der Waals surface area contributed by atoms with E-state index in [4.69, 9.17) is 58.0 Å². The van der Waals surface area contributed by atoms with Gasteiger partial charge in [-0.3, -0.25) is 5.43 Å². The highest BCUT2D eigenvalue weighted by atomic mass is 35.5. The summed E-state index contributed by atoms with van der Waals surface area (Å²) in [7, 11) is 0. The normalized spacial score (nSPS) is 24.3. The van der Waals surface area contributed by atoms with Crippen LogP contribution in [-0.4, -0.2) is 9.50 Å². The lowest BCUT2D eigenvalue weighted by atomic mass is 10.2. The summed E-state index contributed by atoms with van der Waals surface area (Å²) in [5.41, 5.74) is 0.772. The van der Waals surface area contributed by atoms with Crippen molar-refractivity contribution in [3.05, 3.63) is 27.7 Å². The van der Waals surface area contributed by atoms with Crippen LogP contribution < -0.4 is 5.43 Å². The first-order valence-electron chi connectivity index (χ1n) is 5.82. The van der Waals surface area contributed by atoms with Gasteiger partial charge in [0.15, 0.2) is 0 Å². The van der Waals surface area contributed by atoms with E-state index in [1.165, 1.54) is 0 Å². The molecule has 0 bridgehead atoms. The van der Waals surface area contributed by atoms with E-state index >= 15 is 0 Å². The van der Waals surface area contributed by atoms with Gasteiger partial charge in [0.1, 0.15) is 9.50 Å². The van der Waals surface area contributed by atoms with E-state index in [0.717, 1.165) is 12.1 Å². The number of hydrogen-bond donors (Lipinski definition) is 1. The van der Waals surface area contributed by atoms with Crippen LogP contribution in [0.2, 0.25) is 10.0 Å². The van der Waals surface area contributed by atoms with Gasteiger partial charge in [0, 0.05) is 0 Å². The topological polar surface area (TPSA) is 24.4 Å². The molecule has 1 unspecified atom stereocenters. The number of rotatable bonds is 3. The number of alkyl halides is 5. The maximum atomic E-state index is 12.6. The fourth-order valence-corrected chi connectivity index (χ4v) is 3.35. The second-order valence-corrected chi connectivity index (χ2v) is 7.70. The summed E-state index contributed by atoms with van der Waals surface area (Å²) < 4.78 is 36.9. The van der Waals surface area contributed by atoms with E-state index in [9.17, 15) is 13.2 Å². The number of nitrogens with zero attached hydrogens (tertiary/aromatic N) is 1. The van der Waals surface area contributed by atoms with Crippen molar-refractivity contribution in [1.29, 1.82) is 0 Å². The molecule has 0 aromatic heterocycles. The zero-order chi connectivity index (χ0) is 16.9. The summed E-state index contributed by atoms with van der Waals surface area (Å²) in [5.74, 6) is 0. The van der Waals surface area contributed by atoms with E-state index in [1.54, 1.807) is 6.92 Å². The quantitative estimate of drug-likeness (QED) is 0.338. The zero-order valence-corrected chi connectivity index (χ0v) is 14.6. The highest BCUT2D eigenvalue weighted by Gasteiger charge is 2.66. The summed E-state index contributed by atoms with van der Waals surface area (Å²) in [6.45, 7) is 1.70. The summed E-state index contributed by atoms with van der Waals surface area (Å²) in [4.78, 5) is 0. The van der Waals surface area contributed by atoms with E-state index in [-0.39, 0.29) is 20.9 Å². The van der Waals surface area contributed by atoms with Crippen molar-refractivity contribution in [2.24, 2.45) is 10.5 Å². The molecular formula is C12H8Cl5F3N2. The van der Waals surface area contributed by atoms with Crippen molar-refractivity contribution < 1.29 is 13.2 Å². The van der Waals surface area contributed by atoms with Crippen molar-refractivity contribution >= 4 is 68.9 Å². The Morgan fingerprint density at radius 1 is 1.23 bits per heavy atom. The SMILES string of the molecule is CC1(C(Cl)=NNc2c(Cl)cc(C(F)(F)F)cc2Cl)CC1(Cl)Cl. The molecule has 2 rings (SSSR count). The molecule has 1 aliphatic carbocycles. The maximum absolute atomic E-state index is 12.6. The Kier molecular flexibility index (Phi) is 4.80. The van der Waals surface area contributed by atoms with Crippen LogP contribution in [0.4, 0.5) is 18.9 Å². The predicted molar refractivity (Wildman–Crippen MR) is 85.5 cm³/mol. The fourth-order valence-electron chi connectivity index (χ4n) is 1.70. The van der Waals surface area contributed by atoms with Crippen LogP contribution in [0.3, 0.4) is 0 Å². The van der Waals surface area contributed by atoms with Crippen molar-refractivity contribution in [2.45, 2.75) is 23.9 Å². The van der Waals surface area contributed by atoms with Crippen LogP contribution >= 0.6 is 58.0 Å². The summed E-state index contributed by atoms with van der Waals surface area (Å²) in [5, 5.41) is 3.45. The predicted octanol–water partition coefficient (Wildman–Crippen LogP) is 6.56. The molecule has 1 N–H and O–H groups in total. The van der Waals surface area contributed by atoms with Gasteiger partial charge >= 0.3 is 6.18 Å². The molecule has 22 heavy (non-hydrogen) atoms. The molecule has 0 amide bonds. The van der Waals surface area contributed by atoms with Crippen LogP contribution in [0.1, 0.15) is 18.9 Å². The molecule has 10 heteroatoms. The summed E-state index contributed by atoms with van der Waals surface area (Å²) >= 11 is 29.5. The molecule has 1 atom stereocenters. The van der Waals surface area contributed by atoms with Gasteiger partial charge in [0.2, 0.25) is 0 Å². The standard InChI is InChI=1S/C12H8Cl5F3N2/c1-10(4-11(10,16)17)9(15)22-21-8-6(13)2-5(3-7(8)14)12(18,19)20/h2-3,21H,4H2,1H3. The number of hydrazone groups is 1. The molecular weight excluding hydrogens is 406 g/mol. The average molecular weight is 414 g/mol. The van der Waals surface area contributed by atoms with Gasteiger partial charge in [-0.1, -0.05) is 41.7 Å². The second-order valence-electron chi connectivity index (χ2n) is 5.04. The lowest BCUT2D eigenvalue weighted by molar-refractivity contribution is -0.137. The first kappa shape index (κ1) is 18.3. The Morgan fingerprint density at radius 3 is 2.05 bits per heavy atom. The van der Waals surface area contributed by atoms with Gasteiger partial charge in [-0.25, -0.2) is 0 Å². The van der Waals surface area contributed by atoms with E-state index < -0.39 is 21.5 Å². The van der Waals surface area contributed by atoms with E-state index in [2.05, 4.69) is 10.5 Å². The molecule has 0 spiro atoms. The van der Waals surface area contributed by atoms with Crippen molar-refractivity contribution in [2.75, 3.05) is 5.43 Å². The van der Waals surface area contributed by atoms with Crippen LogP contribution in [0.5, 0.6) is 0 Å².